The number of alkyl carbamates (subject to hydrolysis) is 2. The van der Waals surface area contributed by atoms with Gasteiger partial charge in [0.05, 0.1) is 0 Å². The number of carbonyl (C=O) groups is 3. The van der Waals surface area contributed by atoms with Crippen LogP contribution in [0.25, 0.3) is 0 Å². The van der Waals surface area contributed by atoms with E-state index in [9.17, 15) is 14.4 Å². The van der Waals surface area contributed by atoms with Crippen molar-refractivity contribution < 1.29 is 23.9 Å². The Morgan fingerprint density at radius 1 is 0.788 bits per heavy atom. The summed E-state index contributed by atoms with van der Waals surface area (Å²) in [6, 6.07) is 19.1. The van der Waals surface area contributed by atoms with Gasteiger partial charge in [0.1, 0.15) is 13.2 Å². The maximum absolute atomic E-state index is 11.3. The fourth-order valence-corrected chi connectivity index (χ4v) is 3.03. The third-order valence-corrected chi connectivity index (χ3v) is 5.14. The van der Waals surface area contributed by atoms with Crippen molar-refractivity contribution in [2.45, 2.75) is 33.0 Å². The summed E-state index contributed by atoms with van der Waals surface area (Å²) in [5.74, 6) is 1.48. The third kappa shape index (κ3) is 16.6. The Morgan fingerprint density at radius 3 is 1.67 bits per heavy atom. The molecule has 0 fully saturated rings. The number of amides is 2. The first kappa shape index (κ1) is 28.4. The standard InChI is InChI=1S/C13H17NO3S.C11H15NO2S/c1-11(15)18-9-5-8-14-13(16)17-10-12-6-3-2-4-7-12;13-11(12-7-4-8-15)14-9-10-5-2-1-3-6-10/h2-4,6-7H,5,8-10H2,1H3,(H,14,16);1-3,5-6,15H,4,7-9H2,(H,12,13). The molecule has 0 saturated heterocycles. The van der Waals surface area contributed by atoms with Gasteiger partial charge >= 0.3 is 12.2 Å². The van der Waals surface area contributed by atoms with E-state index in [1.807, 2.05) is 60.7 Å². The molecular weight excluding hydrogens is 460 g/mol. The molecule has 2 rings (SSSR count). The summed E-state index contributed by atoms with van der Waals surface area (Å²) in [6.07, 6.45) is 0.807. The average Bonchev–Trinajstić information content (AvgIpc) is 2.83. The van der Waals surface area contributed by atoms with Crippen molar-refractivity contribution in [3.63, 3.8) is 0 Å². The van der Waals surface area contributed by atoms with E-state index >= 15 is 0 Å². The van der Waals surface area contributed by atoms with E-state index in [1.165, 1.54) is 18.7 Å². The monoisotopic (exact) mass is 492 g/mol. The van der Waals surface area contributed by atoms with Crippen LogP contribution in [0.3, 0.4) is 0 Å². The van der Waals surface area contributed by atoms with Gasteiger partial charge in [-0.05, 0) is 29.7 Å². The minimum absolute atomic E-state index is 0.0988. The second-order valence-electron chi connectivity index (χ2n) is 6.75. The highest BCUT2D eigenvalue weighted by Gasteiger charge is 2.02. The molecule has 2 amide bonds. The summed E-state index contributed by atoms with van der Waals surface area (Å²) in [6.45, 7) is 3.25. The van der Waals surface area contributed by atoms with E-state index in [-0.39, 0.29) is 17.8 Å². The van der Waals surface area contributed by atoms with Gasteiger partial charge in [0, 0.05) is 25.8 Å². The second kappa shape index (κ2) is 18.9. The van der Waals surface area contributed by atoms with E-state index in [4.69, 9.17) is 9.47 Å². The van der Waals surface area contributed by atoms with Crippen LogP contribution in [0.5, 0.6) is 0 Å². The Hall–Kier alpha value is -2.65. The zero-order valence-electron chi connectivity index (χ0n) is 18.8. The Bertz CT molecular complexity index is 807. The maximum atomic E-state index is 11.3. The number of ether oxygens (including phenoxy) is 2. The number of carbonyl (C=O) groups excluding carboxylic acids is 3. The van der Waals surface area contributed by atoms with Crippen LogP contribution in [-0.4, -0.2) is 41.9 Å². The summed E-state index contributed by atoms with van der Waals surface area (Å²) in [5, 5.41) is 5.38. The molecule has 2 aromatic carbocycles. The molecule has 0 aliphatic heterocycles. The first-order chi connectivity index (χ1) is 16.0. The van der Waals surface area contributed by atoms with Crippen molar-refractivity contribution in [2.75, 3.05) is 24.6 Å². The Morgan fingerprint density at radius 2 is 1.24 bits per heavy atom. The highest BCUT2D eigenvalue weighted by atomic mass is 32.2. The van der Waals surface area contributed by atoms with Gasteiger partial charge in [0.2, 0.25) is 0 Å². The second-order valence-corrected chi connectivity index (χ2v) is 8.47. The third-order valence-electron chi connectivity index (χ3n) is 3.93. The van der Waals surface area contributed by atoms with Crippen LogP contribution in [0.1, 0.15) is 30.9 Å². The molecular formula is C24H32N2O5S2. The molecule has 9 heteroatoms. The molecule has 7 nitrogen and oxygen atoms in total. The first-order valence-corrected chi connectivity index (χ1v) is 12.3. The first-order valence-electron chi connectivity index (χ1n) is 10.6. The van der Waals surface area contributed by atoms with Crippen molar-refractivity contribution in [1.29, 1.82) is 0 Å². The molecule has 0 aromatic heterocycles. The topological polar surface area (TPSA) is 93.7 Å². The SMILES string of the molecule is CC(=O)SCCCNC(=O)OCc1ccccc1.O=C(NCCCS)OCc1ccccc1. The lowest BCUT2D eigenvalue weighted by Crippen LogP contribution is -2.25. The van der Waals surface area contributed by atoms with Crippen LogP contribution in [0.4, 0.5) is 9.59 Å². The Balaban J connectivity index is 0.000000335. The molecule has 0 saturated carbocycles. The zero-order chi connectivity index (χ0) is 24.2. The molecule has 0 heterocycles. The molecule has 0 aliphatic rings. The number of thiol groups is 1. The molecule has 0 atom stereocenters. The van der Waals surface area contributed by atoms with Crippen LogP contribution in [0.15, 0.2) is 60.7 Å². The minimum Gasteiger partial charge on any atom is -0.445 e. The molecule has 2 N–H and O–H groups in total. The van der Waals surface area contributed by atoms with Gasteiger partial charge in [-0.2, -0.15) is 12.6 Å². The molecule has 180 valence electrons. The quantitative estimate of drug-likeness (QED) is 0.308. The highest BCUT2D eigenvalue weighted by Crippen LogP contribution is 2.03. The van der Waals surface area contributed by atoms with Gasteiger partial charge < -0.3 is 20.1 Å². The molecule has 0 unspecified atom stereocenters. The summed E-state index contributed by atoms with van der Waals surface area (Å²) < 4.78 is 10.0. The smallest absolute Gasteiger partial charge is 0.407 e. The fourth-order valence-electron chi connectivity index (χ4n) is 2.30. The number of benzene rings is 2. The fraction of sp³-hybridized carbons (Fsp3) is 0.375. The van der Waals surface area contributed by atoms with E-state index in [0.717, 1.165) is 29.7 Å². The van der Waals surface area contributed by atoms with Gasteiger partial charge in [-0.3, -0.25) is 4.79 Å². The van der Waals surface area contributed by atoms with Crippen LogP contribution in [0.2, 0.25) is 0 Å². The van der Waals surface area contributed by atoms with Crippen molar-refractivity contribution in [2.24, 2.45) is 0 Å². The normalized spacial score (nSPS) is 9.76. The largest absolute Gasteiger partial charge is 0.445 e. The number of thioether (sulfide) groups is 1. The van der Waals surface area contributed by atoms with Crippen molar-refractivity contribution in [3.05, 3.63) is 71.8 Å². The van der Waals surface area contributed by atoms with Crippen LogP contribution >= 0.6 is 24.4 Å². The summed E-state index contributed by atoms with van der Waals surface area (Å²) in [7, 11) is 0. The lowest BCUT2D eigenvalue weighted by atomic mass is 10.2. The summed E-state index contributed by atoms with van der Waals surface area (Å²) >= 11 is 5.30. The van der Waals surface area contributed by atoms with Gasteiger partial charge in [-0.25, -0.2) is 9.59 Å². The molecule has 0 spiro atoms. The summed E-state index contributed by atoms with van der Waals surface area (Å²) in [5.41, 5.74) is 1.95. The molecule has 33 heavy (non-hydrogen) atoms. The van der Waals surface area contributed by atoms with Gasteiger partial charge in [-0.1, -0.05) is 72.4 Å². The highest BCUT2D eigenvalue weighted by molar-refractivity contribution is 8.13. The van der Waals surface area contributed by atoms with Crippen LogP contribution in [0, 0.1) is 0 Å². The van der Waals surface area contributed by atoms with Gasteiger partial charge in [0.25, 0.3) is 0 Å². The predicted molar refractivity (Wildman–Crippen MR) is 135 cm³/mol. The van der Waals surface area contributed by atoms with Crippen LogP contribution < -0.4 is 10.6 Å². The maximum Gasteiger partial charge on any atom is 0.407 e. The Labute approximate surface area is 205 Å². The van der Waals surface area contributed by atoms with Crippen molar-refractivity contribution in [1.82, 2.24) is 10.6 Å². The van der Waals surface area contributed by atoms with Crippen LogP contribution in [-0.2, 0) is 27.5 Å². The van der Waals surface area contributed by atoms with E-state index < -0.39 is 6.09 Å². The lowest BCUT2D eigenvalue weighted by Gasteiger charge is -2.06. The van der Waals surface area contributed by atoms with E-state index in [1.54, 1.807) is 0 Å². The summed E-state index contributed by atoms with van der Waals surface area (Å²) in [4.78, 5) is 33.1. The van der Waals surface area contributed by atoms with Gasteiger partial charge in [-0.15, -0.1) is 0 Å². The minimum atomic E-state index is -0.424. The number of hydrogen-bond acceptors (Lipinski definition) is 7. The molecule has 0 bridgehead atoms. The number of rotatable bonds is 11. The van der Waals surface area contributed by atoms with E-state index in [0.29, 0.717) is 25.4 Å². The number of hydrogen-bond donors (Lipinski definition) is 3. The lowest BCUT2D eigenvalue weighted by molar-refractivity contribution is -0.109. The van der Waals surface area contributed by atoms with Crippen molar-refractivity contribution in [3.8, 4) is 0 Å². The van der Waals surface area contributed by atoms with E-state index in [2.05, 4.69) is 23.3 Å². The average molecular weight is 493 g/mol. The van der Waals surface area contributed by atoms with Crippen molar-refractivity contribution >= 4 is 41.7 Å². The zero-order valence-corrected chi connectivity index (χ0v) is 20.5. The van der Waals surface area contributed by atoms with Gasteiger partial charge in [0.15, 0.2) is 5.12 Å². The molecule has 2 aromatic rings. The molecule has 0 radical (unpaired) electrons. The predicted octanol–water partition coefficient (Wildman–Crippen LogP) is 4.82. The Kier molecular flexibility index (Phi) is 16.2. The molecule has 0 aliphatic carbocycles. The number of nitrogens with one attached hydrogen (secondary N) is 2.